The molecule has 0 amide bonds. The summed E-state index contributed by atoms with van der Waals surface area (Å²) in [5, 5.41) is 24.5. The molecule has 0 spiro atoms. The first kappa shape index (κ1) is 24.7. The van der Waals surface area contributed by atoms with Crippen molar-refractivity contribution in [1.29, 1.82) is 0 Å². The standard InChI is InChI=1S/C25H39NO6/c1-2-3-4-5-6-7-8-9-13-16-23(27)31-19-22-25(29)24(28)21(18-30-22)26-32-17-20-14-11-10-12-15-20/h10-12,14-15,22,24-25,28-29H,2-9,13,16-19H2,1H3/t22-,24-,25-/m1/s1/i1D. The molecule has 0 unspecified atom stereocenters. The number of nitrogens with zero attached hydrogens (tertiary/aromatic N) is 1. The fourth-order valence-corrected chi connectivity index (χ4v) is 3.52. The number of carbonyl (C=O) groups excluding carboxylic acids is 1. The molecular weight excluding hydrogens is 410 g/mol. The van der Waals surface area contributed by atoms with Gasteiger partial charge in [0.25, 0.3) is 0 Å². The Kier molecular flexibility index (Phi) is 12.2. The number of rotatable bonds is 15. The van der Waals surface area contributed by atoms with E-state index in [-0.39, 0.29) is 31.5 Å². The molecule has 7 nitrogen and oxygen atoms in total. The molecular formula is C25H39NO6. The first-order valence-corrected chi connectivity index (χ1v) is 11.8. The summed E-state index contributed by atoms with van der Waals surface area (Å²) < 4.78 is 17.9. The summed E-state index contributed by atoms with van der Waals surface area (Å²) in [6, 6.07) is 9.50. The molecule has 2 N–H and O–H groups in total. The Morgan fingerprint density at radius 2 is 1.78 bits per heavy atom. The van der Waals surface area contributed by atoms with Crippen molar-refractivity contribution in [2.75, 3.05) is 13.2 Å². The Balaban J connectivity index is 1.54. The molecule has 180 valence electrons. The van der Waals surface area contributed by atoms with Crippen LogP contribution in [-0.4, -0.2) is 53.4 Å². The van der Waals surface area contributed by atoms with Crippen molar-refractivity contribution in [2.24, 2.45) is 5.16 Å². The maximum atomic E-state index is 12.0. The predicted octanol–water partition coefficient (Wildman–Crippen LogP) is 4.14. The minimum Gasteiger partial charge on any atom is -0.463 e. The molecule has 1 heterocycles. The summed E-state index contributed by atoms with van der Waals surface area (Å²) in [4.78, 5) is 17.2. The maximum absolute atomic E-state index is 12.0. The monoisotopic (exact) mass is 450 g/mol. The number of oxime groups is 1. The van der Waals surface area contributed by atoms with Crippen LogP contribution in [0, 0.1) is 0 Å². The Hall–Kier alpha value is -1.96. The molecule has 0 aliphatic carbocycles. The first-order valence-electron chi connectivity index (χ1n) is 12.5. The molecule has 32 heavy (non-hydrogen) atoms. The van der Waals surface area contributed by atoms with Gasteiger partial charge in [0, 0.05) is 7.79 Å². The highest BCUT2D eigenvalue weighted by molar-refractivity contribution is 5.90. The summed E-state index contributed by atoms with van der Waals surface area (Å²) in [7, 11) is 0. The van der Waals surface area contributed by atoms with Gasteiger partial charge in [0.1, 0.15) is 37.2 Å². The SMILES string of the molecule is [2H]CCCCCCCCCCCC(=O)OC[C@H]1OCC(=NOCc2ccccc2)[C@@H](O)[C@@H]1O. The highest BCUT2D eigenvalue weighted by Crippen LogP contribution is 2.16. The van der Waals surface area contributed by atoms with Crippen LogP contribution < -0.4 is 0 Å². The lowest BCUT2D eigenvalue weighted by Crippen LogP contribution is -2.52. The van der Waals surface area contributed by atoms with Crippen LogP contribution in [0.2, 0.25) is 0 Å². The lowest BCUT2D eigenvalue weighted by Gasteiger charge is -2.32. The second-order valence-electron chi connectivity index (χ2n) is 8.24. The molecule has 1 aromatic carbocycles. The van der Waals surface area contributed by atoms with Gasteiger partial charge in [-0.1, -0.05) is 93.8 Å². The zero-order chi connectivity index (χ0) is 23.7. The van der Waals surface area contributed by atoms with E-state index in [0.717, 1.165) is 37.7 Å². The van der Waals surface area contributed by atoms with Gasteiger partial charge in [-0.2, -0.15) is 0 Å². The van der Waals surface area contributed by atoms with Crippen LogP contribution in [0.15, 0.2) is 35.5 Å². The summed E-state index contributed by atoms with van der Waals surface area (Å²) in [5.74, 6) is -0.318. The number of aliphatic hydroxyl groups is 2. The first-order chi connectivity index (χ1) is 16.1. The molecule has 0 aromatic heterocycles. The largest absolute Gasteiger partial charge is 0.463 e. The highest BCUT2D eigenvalue weighted by atomic mass is 16.6. The van der Waals surface area contributed by atoms with Gasteiger partial charge in [-0.05, 0) is 12.0 Å². The van der Waals surface area contributed by atoms with E-state index in [1.165, 1.54) is 25.7 Å². The molecule has 0 radical (unpaired) electrons. The fraction of sp³-hybridized carbons (Fsp3) is 0.680. The van der Waals surface area contributed by atoms with E-state index in [1.54, 1.807) is 0 Å². The number of benzene rings is 1. The maximum Gasteiger partial charge on any atom is 0.305 e. The molecule has 7 heteroatoms. The van der Waals surface area contributed by atoms with Gasteiger partial charge in [-0.3, -0.25) is 4.79 Å². The van der Waals surface area contributed by atoms with Gasteiger partial charge in [-0.15, -0.1) is 0 Å². The zero-order valence-electron chi connectivity index (χ0n) is 20.0. The van der Waals surface area contributed by atoms with Gasteiger partial charge >= 0.3 is 5.97 Å². The minimum atomic E-state index is -1.24. The molecule has 0 bridgehead atoms. The normalized spacial score (nSPS) is 22.5. The van der Waals surface area contributed by atoms with Crippen molar-refractivity contribution in [3.05, 3.63) is 35.9 Å². The quantitative estimate of drug-likeness (QED) is 0.237. The van der Waals surface area contributed by atoms with E-state index in [2.05, 4.69) is 5.16 Å². The van der Waals surface area contributed by atoms with E-state index in [4.69, 9.17) is 15.7 Å². The van der Waals surface area contributed by atoms with E-state index in [0.29, 0.717) is 13.3 Å². The topological polar surface area (TPSA) is 97.6 Å². The Bertz CT molecular complexity index is 687. The number of carbonyl (C=O) groups is 1. The second kappa shape index (κ2) is 15.8. The molecule has 1 saturated heterocycles. The van der Waals surface area contributed by atoms with Gasteiger partial charge in [0.15, 0.2) is 0 Å². The third-order valence-corrected chi connectivity index (χ3v) is 5.54. The van der Waals surface area contributed by atoms with Gasteiger partial charge in [-0.25, -0.2) is 0 Å². The van der Waals surface area contributed by atoms with Crippen LogP contribution in [0.25, 0.3) is 0 Å². The van der Waals surface area contributed by atoms with Crippen LogP contribution in [0.4, 0.5) is 0 Å². The summed E-state index contributed by atoms with van der Waals surface area (Å²) >= 11 is 0. The van der Waals surface area contributed by atoms with Crippen molar-refractivity contribution < 1.29 is 30.7 Å². The Morgan fingerprint density at radius 1 is 1.09 bits per heavy atom. The molecule has 1 fully saturated rings. The number of ether oxygens (including phenoxy) is 2. The second-order valence-corrected chi connectivity index (χ2v) is 8.24. The third kappa shape index (κ3) is 10.1. The molecule has 1 aromatic rings. The van der Waals surface area contributed by atoms with Crippen molar-refractivity contribution in [2.45, 2.75) is 96.0 Å². The fourth-order valence-electron chi connectivity index (χ4n) is 3.52. The lowest BCUT2D eigenvalue weighted by atomic mass is 10.0. The van der Waals surface area contributed by atoms with E-state index in [9.17, 15) is 15.0 Å². The van der Waals surface area contributed by atoms with Crippen LogP contribution in [0.1, 0.15) is 78.0 Å². The average molecular weight is 451 g/mol. The predicted molar refractivity (Wildman–Crippen MR) is 123 cm³/mol. The zero-order valence-corrected chi connectivity index (χ0v) is 19.0. The lowest BCUT2D eigenvalue weighted by molar-refractivity contribution is -0.156. The number of unbranched alkanes of at least 4 members (excludes halogenated alkanes) is 8. The van der Waals surface area contributed by atoms with E-state index >= 15 is 0 Å². The number of hydrogen-bond donors (Lipinski definition) is 2. The molecule has 3 atom stereocenters. The molecule has 2 rings (SSSR count). The summed E-state index contributed by atoms with van der Waals surface area (Å²) in [6.07, 6.45) is 6.93. The van der Waals surface area contributed by atoms with Crippen molar-refractivity contribution in [3.63, 3.8) is 0 Å². The summed E-state index contributed by atoms with van der Waals surface area (Å²) in [5.41, 5.74) is 1.15. The van der Waals surface area contributed by atoms with Crippen LogP contribution in [0.5, 0.6) is 0 Å². The average Bonchev–Trinajstić information content (AvgIpc) is 2.83. The van der Waals surface area contributed by atoms with Crippen molar-refractivity contribution in [1.82, 2.24) is 0 Å². The van der Waals surface area contributed by atoms with Crippen LogP contribution in [0.3, 0.4) is 0 Å². The third-order valence-electron chi connectivity index (χ3n) is 5.54. The van der Waals surface area contributed by atoms with E-state index in [1.807, 2.05) is 30.3 Å². The van der Waals surface area contributed by atoms with Crippen LogP contribution in [-0.2, 0) is 25.7 Å². The summed E-state index contributed by atoms with van der Waals surface area (Å²) in [6.45, 7) is 0.675. The molecule has 0 saturated carbocycles. The highest BCUT2D eigenvalue weighted by Gasteiger charge is 2.37. The number of esters is 1. The Labute approximate surface area is 193 Å². The van der Waals surface area contributed by atoms with E-state index < -0.39 is 18.3 Å². The number of hydrogen-bond acceptors (Lipinski definition) is 7. The van der Waals surface area contributed by atoms with Gasteiger partial charge < -0.3 is 24.5 Å². The number of aliphatic hydroxyl groups excluding tert-OH is 2. The van der Waals surface area contributed by atoms with Crippen molar-refractivity contribution >= 4 is 11.7 Å². The Morgan fingerprint density at radius 3 is 2.50 bits per heavy atom. The van der Waals surface area contributed by atoms with Crippen LogP contribution >= 0.6 is 0 Å². The molecule has 1 aliphatic heterocycles. The van der Waals surface area contributed by atoms with Gasteiger partial charge in [0.05, 0.1) is 6.61 Å². The molecule has 1 aliphatic rings. The van der Waals surface area contributed by atoms with Gasteiger partial charge in [0.2, 0.25) is 0 Å². The minimum absolute atomic E-state index is 0.00164. The van der Waals surface area contributed by atoms with Crippen molar-refractivity contribution in [3.8, 4) is 0 Å². The smallest absolute Gasteiger partial charge is 0.305 e.